The number of anilines is 1. The Morgan fingerprint density at radius 2 is 2.31 bits per heavy atom. The van der Waals surface area contributed by atoms with Crippen LogP contribution in [0.5, 0.6) is 0 Å². The fourth-order valence-corrected chi connectivity index (χ4v) is 3.05. The number of hydrogen-bond donors (Lipinski definition) is 1. The molecule has 1 N–H and O–H groups in total. The molecule has 2 unspecified atom stereocenters. The molecule has 1 aromatic rings. The summed E-state index contributed by atoms with van der Waals surface area (Å²) >= 11 is 1.44. The third kappa shape index (κ3) is 2.20. The Kier molecular flexibility index (Phi) is 3.76. The number of aromatic nitrogens is 2. The number of rotatable bonds is 4. The molecular formula is C11H20N4S. The van der Waals surface area contributed by atoms with Crippen molar-refractivity contribution in [1.82, 2.24) is 14.5 Å². The van der Waals surface area contributed by atoms with Crippen molar-refractivity contribution in [2.75, 3.05) is 12.4 Å². The molecule has 2 rings (SSSR count). The first kappa shape index (κ1) is 11.8. The molecular weight excluding hydrogens is 220 g/mol. The van der Waals surface area contributed by atoms with Gasteiger partial charge in [-0.15, -0.1) is 5.10 Å². The van der Waals surface area contributed by atoms with E-state index in [1.807, 2.05) is 7.05 Å². The van der Waals surface area contributed by atoms with Crippen molar-refractivity contribution in [3.05, 3.63) is 5.69 Å². The Morgan fingerprint density at radius 3 is 3.00 bits per heavy atom. The highest BCUT2D eigenvalue weighted by Crippen LogP contribution is 2.29. The molecule has 0 bridgehead atoms. The number of likely N-dealkylation sites (tertiary alicyclic amines) is 1. The van der Waals surface area contributed by atoms with Crippen molar-refractivity contribution >= 4 is 16.5 Å². The summed E-state index contributed by atoms with van der Waals surface area (Å²) in [6.07, 6.45) is 3.87. The molecule has 1 saturated heterocycles. The summed E-state index contributed by atoms with van der Waals surface area (Å²) in [5.41, 5.74) is 1.10. The first-order chi connectivity index (χ1) is 7.76. The Morgan fingerprint density at radius 1 is 1.50 bits per heavy atom. The molecule has 1 aliphatic rings. The second kappa shape index (κ2) is 5.10. The van der Waals surface area contributed by atoms with Gasteiger partial charge in [-0.1, -0.05) is 11.4 Å². The number of hydrogen-bond acceptors (Lipinski definition) is 5. The summed E-state index contributed by atoms with van der Waals surface area (Å²) in [5.74, 6) is 0. The van der Waals surface area contributed by atoms with Gasteiger partial charge >= 0.3 is 0 Å². The molecule has 1 fully saturated rings. The maximum atomic E-state index is 4.22. The zero-order valence-electron chi connectivity index (χ0n) is 10.2. The van der Waals surface area contributed by atoms with E-state index in [1.54, 1.807) is 0 Å². The smallest absolute Gasteiger partial charge is 0.134 e. The van der Waals surface area contributed by atoms with Crippen LogP contribution in [0.25, 0.3) is 0 Å². The van der Waals surface area contributed by atoms with Crippen LogP contribution in [0.2, 0.25) is 0 Å². The van der Waals surface area contributed by atoms with Crippen LogP contribution in [-0.2, 0) is 6.54 Å². The summed E-state index contributed by atoms with van der Waals surface area (Å²) in [6, 6.07) is 1.40. The van der Waals surface area contributed by atoms with Gasteiger partial charge in [-0.05, 0) is 26.2 Å². The molecule has 1 aromatic heterocycles. The topological polar surface area (TPSA) is 41.1 Å². The second-order valence-electron chi connectivity index (χ2n) is 4.46. The average molecular weight is 240 g/mol. The van der Waals surface area contributed by atoms with Gasteiger partial charge in [0.15, 0.2) is 0 Å². The second-order valence-corrected chi connectivity index (χ2v) is 5.21. The van der Waals surface area contributed by atoms with E-state index in [1.165, 1.54) is 30.8 Å². The van der Waals surface area contributed by atoms with Crippen LogP contribution >= 0.6 is 11.5 Å². The zero-order chi connectivity index (χ0) is 11.5. The van der Waals surface area contributed by atoms with E-state index in [9.17, 15) is 0 Å². The van der Waals surface area contributed by atoms with Crippen LogP contribution in [0.1, 0.15) is 38.8 Å². The van der Waals surface area contributed by atoms with Gasteiger partial charge in [0.1, 0.15) is 10.7 Å². The van der Waals surface area contributed by atoms with E-state index in [0.29, 0.717) is 6.04 Å². The maximum Gasteiger partial charge on any atom is 0.134 e. The van der Waals surface area contributed by atoms with Gasteiger partial charge in [-0.3, -0.25) is 4.90 Å². The largest absolute Gasteiger partial charge is 0.377 e. The van der Waals surface area contributed by atoms with Crippen LogP contribution < -0.4 is 5.32 Å². The number of nitrogens with zero attached hydrogens (tertiary/aromatic N) is 3. The molecule has 2 atom stereocenters. The fourth-order valence-electron chi connectivity index (χ4n) is 2.52. The summed E-state index contributed by atoms with van der Waals surface area (Å²) in [6.45, 7) is 5.52. The Balaban J connectivity index is 2.08. The van der Waals surface area contributed by atoms with Gasteiger partial charge < -0.3 is 5.32 Å². The first-order valence-electron chi connectivity index (χ1n) is 6.01. The van der Waals surface area contributed by atoms with Crippen LogP contribution in [-0.4, -0.2) is 33.6 Å². The minimum atomic E-state index is 0.677. The summed E-state index contributed by atoms with van der Waals surface area (Å²) in [7, 11) is 1.93. The van der Waals surface area contributed by atoms with Gasteiger partial charge in [-0.2, -0.15) is 0 Å². The molecule has 2 heterocycles. The van der Waals surface area contributed by atoms with Gasteiger partial charge in [0, 0.05) is 37.2 Å². The molecule has 5 heteroatoms. The van der Waals surface area contributed by atoms with E-state index < -0.39 is 0 Å². The van der Waals surface area contributed by atoms with Gasteiger partial charge in [0.2, 0.25) is 0 Å². The average Bonchev–Trinajstić information content (AvgIpc) is 2.87. The first-order valence-corrected chi connectivity index (χ1v) is 6.78. The van der Waals surface area contributed by atoms with Crippen molar-refractivity contribution < 1.29 is 0 Å². The van der Waals surface area contributed by atoms with E-state index in [-0.39, 0.29) is 0 Å². The van der Waals surface area contributed by atoms with Crippen molar-refractivity contribution in [1.29, 1.82) is 0 Å². The van der Waals surface area contributed by atoms with Gasteiger partial charge in [0.25, 0.3) is 0 Å². The third-order valence-electron chi connectivity index (χ3n) is 3.54. The van der Waals surface area contributed by atoms with E-state index in [0.717, 1.165) is 23.3 Å². The minimum Gasteiger partial charge on any atom is -0.377 e. The molecule has 0 aliphatic carbocycles. The standard InChI is InChI=1S/C11H20N4S/c1-4-9-6-5-8(2)15(9)7-10-11(12-3)16-14-13-10/h8-9,12H,4-7H2,1-3H3. The van der Waals surface area contributed by atoms with Crippen molar-refractivity contribution in [2.24, 2.45) is 0 Å². The molecule has 4 nitrogen and oxygen atoms in total. The highest BCUT2D eigenvalue weighted by atomic mass is 32.1. The third-order valence-corrected chi connectivity index (χ3v) is 4.32. The lowest BCUT2D eigenvalue weighted by atomic mass is 10.1. The predicted molar refractivity (Wildman–Crippen MR) is 67.8 cm³/mol. The lowest BCUT2D eigenvalue weighted by molar-refractivity contribution is 0.187. The van der Waals surface area contributed by atoms with E-state index in [2.05, 4.69) is 33.7 Å². The van der Waals surface area contributed by atoms with E-state index in [4.69, 9.17) is 0 Å². The van der Waals surface area contributed by atoms with E-state index >= 15 is 0 Å². The Hall–Kier alpha value is -0.680. The fraction of sp³-hybridized carbons (Fsp3) is 0.818. The molecule has 1 aliphatic heterocycles. The summed E-state index contributed by atoms with van der Waals surface area (Å²) in [4.78, 5) is 2.57. The van der Waals surface area contributed by atoms with Crippen molar-refractivity contribution in [3.8, 4) is 0 Å². The molecule has 0 spiro atoms. The number of nitrogens with one attached hydrogen (secondary N) is 1. The molecule has 90 valence electrons. The molecule has 0 amide bonds. The minimum absolute atomic E-state index is 0.677. The lowest BCUT2D eigenvalue weighted by Gasteiger charge is -2.26. The quantitative estimate of drug-likeness (QED) is 0.877. The predicted octanol–water partition coefficient (Wildman–Crippen LogP) is 2.34. The monoisotopic (exact) mass is 240 g/mol. The van der Waals surface area contributed by atoms with Gasteiger partial charge in [-0.25, -0.2) is 0 Å². The van der Waals surface area contributed by atoms with Crippen molar-refractivity contribution in [3.63, 3.8) is 0 Å². The summed E-state index contributed by atoms with van der Waals surface area (Å²) < 4.78 is 4.01. The zero-order valence-corrected chi connectivity index (χ0v) is 11.0. The molecule has 0 radical (unpaired) electrons. The lowest BCUT2D eigenvalue weighted by Crippen LogP contribution is -2.33. The van der Waals surface area contributed by atoms with Crippen molar-refractivity contribution in [2.45, 2.75) is 51.7 Å². The van der Waals surface area contributed by atoms with Crippen LogP contribution in [0, 0.1) is 0 Å². The normalized spacial score (nSPS) is 26.2. The highest BCUT2D eigenvalue weighted by molar-refractivity contribution is 7.10. The van der Waals surface area contributed by atoms with Crippen LogP contribution in [0.4, 0.5) is 5.00 Å². The molecule has 0 saturated carbocycles. The summed E-state index contributed by atoms with van der Waals surface area (Å²) in [5, 5.41) is 8.49. The SMILES string of the molecule is CCC1CCC(C)N1Cc1nnsc1NC. The Labute approximate surface area is 101 Å². The maximum absolute atomic E-state index is 4.22. The Bertz CT molecular complexity index is 338. The van der Waals surface area contributed by atoms with Gasteiger partial charge in [0.05, 0.1) is 0 Å². The van der Waals surface area contributed by atoms with Crippen LogP contribution in [0.3, 0.4) is 0 Å². The highest BCUT2D eigenvalue weighted by Gasteiger charge is 2.30. The van der Waals surface area contributed by atoms with Crippen LogP contribution in [0.15, 0.2) is 0 Å². The molecule has 16 heavy (non-hydrogen) atoms. The molecule has 0 aromatic carbocycles.